The van der Waals surface area contributed by atoms with E-state index in [0.29, 0.717) is 24.9 Å². The number of rotatable bonds is 6. The van der Waals surface area contributed by atoms with Crippen LogP contribution in [0.5, 0.6) is 0 Å². The predicted molar refractivity (Wildman–Crippen MR) is 118 cm³/mol. The van der Waals surface area contributed by atoms with Crippen molar-refractivity contribution in [1.29, 1.82) is 0 Å². The van der Waals surface area contributed by atoms with Gasteiger partial charge < -0.3 is 15.1 Å². The quantitative estimate of drug-likeness (QED) is 0.479. The molecular weight excluding hydrogens is 378 g/mol. The van der Waals surface area contributed by atoms with E-state index in [-0.39, 0.29) is 5.41 Å². The van der Waals surface area contributed by atoms with Gasteiger partial charge in [0.2, 0.25) is 5.89 Å². The summed E-state index contributed by atoms with van der Waals surface area (Å²) < 4.78 is 7.67. The topological polar surface area (TPSA) is 93.2 Å². The Morgan fingerprint density at radius 1 is 1.13 bits per heavy atom. The van der Waals surface area contributed by atoms with E-state index in [4.69, 9.17) is 4.42 Å². The standard InChI is InChI=1S/C22H31N7O/c1-7-23-21(27-14-20-25-13-18(30-20)22(4,5)6)26-12-17-8-9-19(24-11-17)29-16(3)10-15(2)28-29/h8-11,13H,7,12,14H2,1-6H3,(H2,23,26,27). The molecule has 0 spiro atoms. The van der Waals surface area contributed by atoms with Crippen molar-refractivity contribution in [2.75, 3.05) is 6.54 Å². The summed E-state index contributed by atoms with van der Waals surface area (Å²) >= 11 is 0. The van der Waals surface area contributed by atoms with Crippen LogP contribution in [0.1, 0.15) is 56.3 Å². The summed E-state index contributed by atoms with van der Waals surface area (Å²) in [7, 11) is 0. The van der Waals surface area contributed by atoms with Crippen LogP contribution >= 0.6 is 0 Å². The largest absolute Gasteiger partial charge is 0.443 e. The zero-order chi connectivity index (χ0) is 21.7. The summed E-state index contributed by atoms with van der Waals surface area (Å²) in [5.74, 6) is 3.02. The molecule has 3 heterocycles. The SMILES string of the molecule is CCNC(=NCc1ccc(-n2nc(C)cc2C)nc1)NCc1ncc(C(C)(C)C)o1. The lowest BCUT2D eigenvalue weighted by molar-refractivity contribution is 0.379. The van der Waals surface area contributed by atoms with Crippen LogP contribution < -0.4 is 10.6 Å². The number of pyridine rings is 1. The molecule has 3 aromatic rings. The van der Waals surface area contributed by atoms with Crippen molar-refractivity contribution in [3.63, 3.8) is 0 Å². The summed E-state index contributed by atoms with van der Waals surface area (Å²) in [5.41, 5.74) is 3.00. The molecule has 0 fully saturated rings. The molecule has 30 heavy (non-hydrogen) atoms. The van der Waals surface area contributed by atoms with Gasteiger partial charge in [0.05, 0.1) is 25.0 Å². The number of aryl methyl sites for hydroxylation is 2. The van der Waals surface area contributed by atoms with E-state index in [9.17, 15) is 0 Å². The number of nitrogens with zero attached hydrogens (tertiary/aromatic N) is 5. The molecule has 3 aromatic heterocycles. The molecule has 8 nitrogen and oxygen atoms in total. The van der Waals surface area contributed by atoms with Crippen molar-refractivity contribution in [2.45, 2.75) is 60.0 Å². The first-order valence-corrected chi connectivity index (χ1v) is 10.2. The van der Waals surface area contributed by atoms with Crippen LogP contribution in [0.3, 0.4) is 0 Å². The second kappa shape index (κ2) is 9.11. The van der Waals surface area contributed by atoms with Gasteiger partial charge in [-0.2, -0.15) is 5.10 Å². The maximum atomic E-state index is 5.83. The lowest BCUT2D eigenvalue weighted by atomic mass is 9.94. The van der Waals surface area contributed by atoms with Gasteiger partial charge in [-0.15, -0.1) is 0 Å². The fourth-order valence-corrected chi connectivity index (χ4v) is 2.91. The highest BCUT2D eigenvalue weighted by molar-refractivity contribution is 5.79. The van der Waals surface area contributed by atoms with Gasteiger partial charge in [-0.05, 0) is 38.5 Å². The smallest absolute Gasteiger partial charge is 0.213 e. The van der Waals surface area contributed by atoms with Crippen LogP contribution in [0.2, 0.25) is 0 Å². The molecule has 0 aromatic carbocycles. The lowest BCUT2D eigenvalue weighted by Gasteiger charge is -2.13. The highest BCUT2D eigenvalue weighted by atomic mass is 16.4. The van der Waals surface area contributed by atoms with Gasteiger partial charge >= 0.3 is 0 Å². The van der Waals surface area contributed by atoms with Gasteiger partial charge in [-0.25, -0.2) is 19.6 Å². The van der Waals surface area contributed by atoms with Gasteiger partial charge in [-0.1, -0.05) is 26.8 Å². The fraction of sp³-hybridized carbons (Fsp3) is 0.455. The van der Waals surface area contributed by atoms with Crippen LogP contribution in [0.4, 0.5) is 0 Å². The van der Waals surface area contributed by atoms with Crippen LogP contribution in [-0.4, -0.2) is 32.3 Å². The normalized spacial score (nSPS) is 12.3. The molecule has 0 aliphatic carbocycles. The molecule has 0 unspecified atom stereocenters. The second-order valence-corrected chi connectivity index (χ2v) is 8.28. The number of hydrogen-bond donors (Lipinski definition) is 2. The van der Waals surface area contributed by atoms with Crippen LogP contribution in [-0.2, 0) is 18.5 Å². The number of aromatic nitrogens is 4. The Kier molecular flexibility index (Phi) is 6.54. The molecule has 3 rings (SSSR count). The maximum Gasteiger partial charge on any atom is 0.213 e. The van der Waals surface area contributed by atoms with Crippen LogP contribution in [0.25, 0.3) is 5.82 Å². The second-order valence-electron chi connectivity index (χ2n) is 8.28. The summed E-state index contributed by atoms with van der Waals surface area (Å²) in [6.45, 7) is 14.1. The molecule has 0 radical (unpaired) electrons. The predicted octanol–water partition coefficient (Wildman–Crippen LogP) is 3.42. The minimum atomic E-state index is -0.0591. The summed E-state index contributed by atoms with van der Waals surface area (Å²) in [6.07, 6.45) is 3.62. The van der Waals surface area contributed by atoms with Gasteiger partial charge in [0, 0.05) is 23.9 Å². The number of aliphatic imine (C=N–C) groups is 1. The van der Waals surface area contributed by atoms with E-state index in [2.05, 4.69) is 51.5 Å². The Morgan fingerprint density at radius 2 is 1.93 bits per heavy atom. The Balaban J connectivity index is 1.63. The molecule has 0 amide bonds. The first kappa shape index (κ1) is 21.5. The molecule has 0 saturated carbocycles. The van der Waals surface area contributed by atoms with Crippen molar-refractivity contribution in [3.05, 3.63) is 59.2 Å². The Labute approximate surface area is 177 Å². The third-order valence-corrected chi connectivity index (χ3v) is 4.50. The Bertz CT molecular complexity index is 993. The first-order valence-electron chi connectivity index (χ1n) is 10.2. The highest BCUT2D eigenvalue weighted by Crippen LogP contribution is 2.22. The molecule has 0 atom stereocenters. The molecular formula is C22H31N7O. The average Bonchev–Trinajstić information content (AvgIpc) is 3.30. The monoisotopic (exact) mass is 409 g/mol. The Morgan fingerprint density at radius 3 is 2.50 bits per heavy atom. The van der Waals surface area contributed by atoms with Crippen molar-refractivity contribution < 1.29 is 4.42 Å². The molecule has 2 N–H and O–H groups in total. The van der Waals surface area contributed by atoms with E-state index in [1.807, 2.05) is 49.8 Å². The Hall–Kier alpha value is -3.16. The molecule has 0 bridgehead atoms. The highest BCUT2D eigenvalue weighted by Gasteiger charge is 2.19. The van der Waals surface area contributed by atoms with Crippen molar-refractivity contribution in [1.82, 2.24) is 30.4 Å². The number of oxazole rings is 1. The summed E-state index contributed by atoms with van der Waals surface area (Å²) in [5, 5.41) is 11.0. The average molecular weight is 410 g/mol. The zero-order valence-electron chi connectivity index (χ0n) is 18.7. The number of hydrogen-bond acceptors (Lipinski definition) is 5. The van der Waals surface area contributed by atoms with Gasteiger partial charge in [0.1, 0.15) is 5.76 Å². The third kappa shape index (κ3) is 5.46. The van der Waals surface area contributed by atoms with E-state index >= 15 is 0 Å². The summed E-state index contributed by atoms with van der Waals surface area (Å²) in [6, 6.07) is 6.02. The maximum absolute atomic E-state index is 5.83. The minimum absolute atomic E-state index is 0.0591. The molecule has 0 saturated heterocycles. The van der Waals surface area contributed by atoms with Crippen molar-refractivity contribution >= 4 is 5.96 Å². The molecule has 0 aliphatic rings. The van der Waals surface area contributed by atoms with E-state index in [0.717, 1.165) is 35.1 Å². The van der Waals surface area contributed by atoms with E-state index in [1.54, 1.807) is 6.20 Å². The van der Waals surface area contributed by atoms with Crippen LogP contribution in [0, 0.1) is 13.8 Å². The lowest BCUT2D eigenvalue weighted by Crippen LogP contribution is -2.36. The van der Waals surface area contributed by atoms with Gasteiger partial charge in [-0.3, -0.25) is 0 Å². The fourth-order valence-electron chi connectivity index (χ4n) is 2.91. The van der Waals surface area contributed by atoms with Gasteiger partial charge in [0.25, 0.3) is 0 Å². The minimum Gasteiger partial charge on any atom is -0.443 e. The van der Waals surface area contributed by atoms with Crippen molar-refractivity contribution in [2.24, 2.45) is 4.99 Å². The number of guanidine groups is 1. The van der Waals surface area contributed by atoms with E-state index in [1.165, 1.54) is 0 Å². The van der Waals surface area contributed by atoms with Crippen molar-refractivity contribution in [3.8, 4) is 5.82 Å². The number of nitrogens with one attached hydrogen (secondary N) is 2. The molecule has 160 valence electrons. The molecule has 8 heteroatoms. The van der Waals surface area contributed by atoms with Gasteiger partial charge in [0.15, 0.2) is 11.8 Å². The van der Waals surface area contributed by atoms with E-state index < -0.39 is 0 Å². The first-order chi connectivity index (χ1) is 14.3. The third-order valence-electron chi connectivity index (χ3n) is 4.50. The van der Waals surface area contributed by atoms with Crippen LogP contribution in [0.15, 0.2) is 40.0 Å². The molecule has 0 aliphatic heterocycles. The summed E-state index contributed by atoms with van der Waals surface area (Å²) in [4.78, 5) is 13.5. The zero-order valence-corrected chi connectivity index (χ0v) is 18.7.